The molecular weight excluding hydrogens is 424 g/mol. The van der Waals surface area contributed by atoms with Crippen LogP contribution >= 0.6 is 0 Å². The van der Waals surface area contributed by atoms with Gasteiger partial charge in [-0.25, -0.2) is 27.2 Å². The van der Waals surface area contributed by atoms with Crippen molar-refractivity contribution in [3.05, 3.63) is 60.2 Å². The summed E-state index contributed by atoms with van der Waals surface area (Å²) in [5.41, 5.74) is -0.719. The van der Waals surface area contributed by atoms with Crippen LogP contribution in [0.4, 0.5) is 10.5 Å². The molecule has 1 amide bonds. The number of fused-ring (bicyclic) bond motifs is 3. The number of rotatable bonds is 4. The Balaban J connectivity index is 1.97. The fourth-order valence-electron chi connectivity index (χ4n) is 4.52. The second-order valence-corrected chi connectivity index (χ2v) is 9.03. The molecule has 3 atom stereocenters. The van der Waals surface area contributed by atoms with Crippen molar-refractivity contribution in [2.24, 2.45) is 0 Å². The number of anilines is 1. The molecular formula is C21H22N2O7S. The quantitative estimate of drug-likeness (QED) is 0.664. The summed E-state index contributed by atoms with van der Waals surface area (Å²) in [7, 11) is -0.484. The van der Waals surface area contributed by atoms with Crippen LogP contribution in [0.1, 0.15) is 17.9 Å². The number of methoxy groups -OCH3 is 3. The van der Waals surface area contributed by atoms with E-state index >= 15 is 0 Å². The van der Waals surface area contributed by atoms with Crippen molar-refractivity contribution in [2.45, 2.75) is 29.1 Å². The normalized spacial score (nSPS) is 24.5. The molecule has 0 saturated carbocycles. The molecule has 1 fully saturated rings. The van der Waals surface area contributed by atoms with Gasteiger partial charge in [-0.15, -0.1) is 0 Å². The van der Waals surface area contributed by atoms with Gasteiger partial charge in [0.2, 0.25) is 5.72 Å². The maximum absolute atomic E-state index is 13.7. The van der Waals surface area contributed by atoms with E-state index in [1.165, 1.54) is 30.7 Å². The third-order valence-corrected chi connectivity index (χ3v) is 7.64. The molecule has 0 aliphatic carbocycles. The highest BCUT2D eigenvalue weighted by Crippen LogP contribution is 2.55. The van der Waals surface area contributed by atoms with E-state index in [9.17, 15) is 18.0 Å². The van der Waals surface area contributed by atoms with Crippen LogP contribution in [0.2, 0.25) is 0 Å². The van der Waals surface area contributed by atoms with Gasteiger partial charge in [0.05, 0.1) is 24.8 Å². The molecule has 0 unspecified atom stereocenters. The molecule has 31 heavy (non-hydrogen) atoms. The maximum atomic E-state index is 13.7. The molecule has 0 bridgehead atoms. The monoisotopic (exact) mass is 446 g/mol. The third kappa shape index (κ3) is 2.89. The van der Waals surface area contributed by atoms with Gasteiger partial charge in [0.25, 0.3) is 10.0 Å². The number of carbonyl (C=O) groups is 2. The van der Waals surface area contributed by atoms with Gasteiger partial charge in [-0.05, 0) is 23.8 Å². The molecule has 9 nitrogen and oxygen atoms in total. The van der Waals surface area contributed by atoms with E-state index in [0.29, 0.717) is 11.3 Å². The predicted molar refractivity (Wildman–Crippen MR) is 110 cm³/mol. The van der Waals surface area contributed by atoms with Crippen LogP contribution in [-0.4, -0.2) is 58.6 Å². The molecule has 4 rings (SSSR count). The minimum Gasteiger partial charge on any atom is -0.465 e. The predicted octanol–water partition coefficient (Wildman–Crippen LogP) is 2.29. The topological polar surface area (TPSA) is 102 Å². The van der Waals surface area contributed by atoms with Crippen molar-refractivity contribution >= 4 is 27.8 Å². The highest BCUT2D eigenvalue weighted by molar-refractivity contribution is 7.92. The van der Waals surface area contributed by atoms with Gasteiger partial charge in [-0.3, -0.25) is 0 Å². The number of esters is 1. The summed E-state index contributed by atoms with van der Waals surface area (Å²) in [5, 5.41) is 0. The number of benzene rings is 2. The lowest BCUT2D eigenvalue weighted by molar-refractivity contribution is -0.185. The van der Waals surface area contributed by atoms with Crippen LogP contribution in [0.3, 0.4) is 0 Å². The van der Waals surface area contributed by atoms with E-state index < -0.39 is 39.9 Å². The van der Waals surface area contributed by atoms with E-state index in [0.717, 1.165) is 12.0 Å². The zero-order valence-electron chi connectivity index (χ0n) is 17.2. The number of ether oxygens (including phenoxy) is 3. The average molecular weight is 446 g/mol. The van der Waals surface area contributed by atoms with Crippen LogP contribution in [0, 0.1) is 0 Å². The summed E-state index contributed by atoms with van der Waals surface area (Å²) >= 11 is 0. The number of likely N-dealkylation sites (tertiary alicyclic amines) is 1. The number of sulfonamides is 1. The first-order valence-corrected chi connectivity index (χ1v) is 11.0. The molecule has 2 aliphatic rings. The van der Waals surface area contributed by atoms with Gasteiger partial charge in [-0.2, -0.15) is 0 Å². The number of hydrogen-bond acceptors (Lipinski definition) is 7. The van der Waals surface area contributed by atoms with Gasteiger partial charge in [0.1, 0.15) is 6.17 Å². The SMILES string of the molecule is COC(=O)N1[C@@H]2[C@H](C[C@@]1(OC)C(=O)OC)c1ccccc1N2S(=O)(=O)c1ccccc1. The average Bonchev–Trinajstić information content (AvgIpc) is 3.30. The Labute approximate surface area is 180 Å². The molecule has 0 N–H and O–H groups in total. The fourth-order valence-corrected chi connectivity index (χ4v) is 6.20. The summed E-state index contributed by atoms with van der Waals surface area (Å²) in [4.78, 5) is 26.8. The number of para-hydroxylation sites is 1. The lowest BCUT2D eigenvalue weighted by atomic mass is 9.95. The van der Waals surface area contributed by atoms with Crippen molar-refractivity contribution in [3.63, 3.8) is 0 Å². The van der Waals surface area contributed by atoms with Crippen LogP contribution in [-0.2, 0) is 29.0 Å². The van der Waals surface area contributed by atoms with Gasteiger partial charge in [0, 0.05) is 19.4 Å². The minimum absolute atomic E-state index is 0.00770. The molecule has 0 radical (unpaired) electrons. The van der Waals surface area contributed by atoms with E-state index in [-0.39, 0.29) is 11.3 Å². The summed E-state index contributed by atoms with van der Waals surface area (Å²) in [6, 6.07) is 14.9. The van der Waals surface area contributed by atoms with Crippen LogP contribution in [0.15, 0.2) is 59.5 Å². The Morgan fingerprint density at radius 1 is 0.968 bits per heavy atom. The molecule has 2 aromatic rings. The van der Waals surface area contributed by atoms with E-state index in [1.807, 2.05) is 0 Å². The maximum Gasteiger partial charge on any atom is 0.413 e. The number of hydrogen-bond donors (Lipinski definition) is 0. The zero-order chi connectivity index (χ0) is 22.4. The summed E-state index contributed by atoms with van der Waals surface area (Å²) in [6.07, 6.45) is -1.97. The molecule has 10 heteroatoms. The lowest BCUT2D eigenvalue weighted by Gasteiger charge is -2.39. The first kappa shape index (κ1) is 21.1. The lowest BCUT2D eigenvalue weighted by Crippen LogP contribution is -2.61. The van der Waals surface area contributed by atoms with E-state index in [1.54, 1.807) is 42.5 Å². The Hall–Kier alpha value is -3.11. The number of nitrogens with zero attached hydrogens (tertiary/aromatic N) is 2. The van der Waals surface area contributed by atoms with Crippen molar-refractivity contribution < 1.29 is 32.2 Å². The van der Waals surface area contributed by atoms with E-state index in [2.05, 4.69) is 0 Å². The minimum atomic E-state index is -4.10. The van der Waals surface area contributed by atoms with Crippen LogP contribution in [0.25, 0.3) is 0 Å². The third-order valence-electron chi connectivity index (χ3n) is 5.84. The molecule has 0 spiro atoms. The van der Waals surface area contributed by atoms with Crippen LogP contribution in [0.5, 0.6) is 0 Å². The summed E-state index contributed by atoms with van der Waals surface area (Å²) in [6.45, 7) is 0. The molecule has 1 saturated heterocycles. The van der Waals surface area contributed by atoms with Crippen molar-refractivity contribution in [3.8, 4) is 0 Å². The van der Waals surface area contributed by atoms with E-state index in [4.69, 9.17) is 14.2 Å². The molecule has 164 valence electrons. The summed E-state index contributed by atoms with van der Waals surface area (Å²) in [5.74, 6) is -1.35. The highest BCUT2D eigenvalue weighted by Gasteiger charge is 2.66. The molecule has 2 heterocycles. The molecule has 2 aliphatic heterocycles. The van der Waals surface area contributed by atoms with Crippen molar-refractivity contribution in [2.75, 3.05) is 25.6 Å². The van der Waals surface area contributed by atoms with Gasteiger partial charge < -0.3 is 14.2 Å². The molecule has 2 aromatic carbocycles. The Morgan fingerprint density at radius 3 is 2.23 bits per heavy atom. The Kier molecular flexibility index (Phi) is 5.14. The highest BCUT2D eigenvalue weighted by atomic mass is 32.2. The number of amides is 1. The summed E-state index contributed by atoms with van der Waals surface area (Å²) < 4.78 is 44.0. The number of carbonyl (C=O) groups excluding carboxylic acids is 2. The van der Waals surface area contributed by atoms with Crippen molar-refractivity contribution in [1.82, 2.24) is 4.90 Å². The van der Waals surface area contributed by atoms with Gasteiger partial charge in [0.15, 0.2) is 0 Å². The zero-order valence-corrected chi connectivity index (χ0v) is 18.0. The van der Waals surface area contributed by atoms with Crippen molar-refractivity contribution in [1.29, 1.82) is 0 Å². The molecule has 0 aromatic heterocycles. The van der Waals surface area contributed by atoms with Gasteiger partial charge in [-0.1, -0.05) is 36.4 Å². The largest absolute Gasteiger partial charge is 0.465 e. The smallest absolute Gasteiger partial charge is 0.413 e. The standard InChI is InChI=1S/C21H22N2O7S/c1-28-19(24)21(30-3)13-16-15-11-7-8-12-17(15)23(18(16)22(21)20(25)29-2)31(26,27)14-9-5-4-6-10-14/h4-12,16,18H,13H2,1-3H3/t16-,18+,21-/m1/s1. The second-order valence-electron chi connectivity index (χ2n) is 7.22. The van der Waals surface area contributed by atoms with Crippen LogP contribution < -0.4 is 4.31 Å². The second kappa shape index (κ2) is 7.54. The van der Waals surface area contributed by atoms with Gasteiger partial charge >= 0.3 is 12.1 Å². The fraction of sp³-hybridized carbons (Fsp3) is 0.333. The first-order valence-electron chi connectivity index (χ1n) is 9.52. The Morgan fingerprint density at radius 2 is 1.61 bits per heavy atom. The first-order chi connectivity index (χ1) is 14.8. The Bertz CT molecular complexity index is 1120.